The van der Waals surface area contributed by atoms with Crippen molar-refractivity contribution in [2.75, 3.05) is 13.1 Å². The average Bonchev–Trinajstić information content (AvgIpc) is 3.04. The van der Waals surface area contributed by atoms with Gasteiger partial charge in [0.15, 0.2) is 0 Å². The largest absolute Gasteiger partial charge is 0.341 e. The van der Waals surface area contributed by atoms with Crippen LogP contribution >= 0.6 is 0 Å². The Morgan fingerprint density at radius 3 is 2.92 bits per heavy atom. The fourth-order valence-electron chi connectivity index (χ4n) is 2.86. The summed E-state index contributed by atoms with van der Waals surface area (Å²) in [6, 6.07) is 6.01. The number of rotatable bonds is 5. The van der Waals surface area contributed by atoms with E-state index in [2.05, 4.69) is 10.1 Å². The number of aromatic nitrogens is 2. The highest BCUT2D eigenvalue weighted by Gasteiger charge is 2.21. The number of nitrogens with two attached hydrogens (primary N) is 1. The minimum atomic E-state index is -0.307. The molecule has 1 atom stereocenters. The van der Waals surface area contributed by atoms with E-state index in [0.717, 1.165) is 19.4 Å². The molecule has 2 N–H and O–H groups in total. The molecular formula is C17H21FN4O2. The lowest BCUT2D eigenvalue weighted by Crippen LogP contribution is -2.45. The number of carbonyl (C=O) groups is 1. The number of halogens is 1. The molecular weight excluding hydrogens is 311 g/mol. The van der Waals surface area contributed by atoms with Gasteiger partial charge in [0.25, 0.3) is 0 Å². The molecule has 0 bridgehead atoms. The van der Waals surface area contributed by atoms with Gasteiger partial charge in [-0.25, -0.2) is 4.39 Å². The molecule has 1 aromatic carbocycles. The van der Waals surface area contributed by atoms with E-state index in [0.29, 0.717) is 43.1 Å². The second-order valence-electron chi connectivity index (χ2n) is 6.11. The van der Waals surface area contributed by atoms with Crippen LogP contribution in [0.25, 0.3) is 11.4 Å². The Morgan fingerprint density at radius 1 is 1.38 bits per heavy atom. The molecule has 1 aliphatic rings. The highest BCUT2D eigenvalue weighted by atomic mass is 19.1. The Kier molecular flexibility index (Phi) is 5.20. The number of aryl methyl sites for hydroxylation is 1. The number of benzene rings is 1. The summed E-state index contributed by atoms with van der Waals surface area (Å²) in [4.78, 5) is 18.3. The molecule has 1 unspecified atom stereocenters. The smallest absolute Gasteiger partial charge is 0.226 e. The lowest BCUT2D eigenvalue weighted by Gasteiger charge is -2.30. The molecule has 2 heterocycles. The number of carbonyl (C=O) groups excluding carboxylic acids is 1. The van der Waals surface area contributed by atoms with Crippen LogP contribution in [-0.2, 0) is 11.2 Å². The molecule has 24 heavy (non-hydrogen) atoms. The topological polar surface area (TPSA) is 85.2 Å². The second kappa shape index (κ2) is 7.53. The molecule has 0 radical (unpaired) electrons. The van der Waals surface area contributed by atoms with Gasteiger partial charge in [-0.1, -0.05) is 5.16 Å². The highest BCUT2D eigenvalue weighted by Crippen LogP contribution is 2.17. The molecule has 0 spiro atoms. The number of amides is 1. The summed E-state index contributed by atoms with van der Waals surface area (Å²) < 4.78 is 18.1. The standard InChI is InChI=1S/C17H21FN4O2/c18-13-8-6-12(7-9-13)17-20-15(24-21-17)4-1-5-16(23)22-10-2-3-14(19)11-22/h6-9,14H,1-5,10-11,19H2. The normalized spacial score (nSPS) is 17.9. The van der Waals surface area contributed by atoms with Crippen LogP contribution < -0.4 is 5.73 Å². The van der Waals surface area contributed by atoms with Crippen molar-refractivity contribution in [3.8, 4) is 11.4 Å². The number of hydrogen-bond donors (Lipinski definition) is 1. The average molecular weight is 332 g/mol. The fraction of sp³-hybridized carbons (Fsp3) is 0.471. The summed E-state index contributed by atoms with van der Waals surface area (Å²) in [6.07, 6.45) is 3.59. The lowest BCUT2D eigenvalue weighted by atomic mass is 10.1. The third-order valence-electron chi connectivity index (χ3n) is 4.16. The van der Waals surface area contributed by atoms with E-state index in [9.17, 15) is 9.18 Å². The summed E-state index contributed by atoms with van der Waals surface area (Å²) >= 11 is 0. The van der Waals surface area contributed by atoms with E-state index < -0.39 is 0 Å². The van der Waals surface area contributed by atoms with Crippen LogP contribution in [-0.4, -0.2) is 40.1 Å². The van der Waals surface area contributed by atoms with E-state index in [1.807, 2.05) is 4.90 Å². The first-order chi connectivity index (χ1) is 11.6. The monoisotopic (exact) mass is 332 g/mol. The molecule has 7 heteroatoms. The van der Waals surface area contributed by atoms with Crippen LogP contribution in [0.15, 0.2) is 28.8 Å². The predicted octanol–water partition coefficient (Wildman–Crippen LogP) is 2.15. The molecule has 0 saturated carbocycles. The van der Waals surface area contributed by atoms with Gasteiger partial charge in [-0.3, -0.25) is 4.79 Å². The second-order valence-corrected chi connectivity index (χ2v) is 6.11. The van der Waals surface area contributed by atoms with Crippen molar-refractivity contribution in [1.29, 1.82) is 0 Å². The van der Waals surface area contributed by atoms with Crippen LogP contribution in [0.5, 0.6) is 0 Å². The maximum absolute atomic E-state index is 12.9. The third-order valence-corrected chi connectivity index (χ3v) is 4.16. The maximum Gasteiger partial charge on any atom is 0.226 e. The van der Waals surface area contributed by atoms with Gasteiger partial charge in [0, 0.05) is 37.5 Å². The summed E-state index contributed by atoms with van der Waals surface area (Å²) in [5.74, 6) is 0.734. The number of hydrogen-bond acceptors (Lipinski definition) is 5. The van der Waals surface area contributed by atoms with Crippen LogP contribution in [0.1, 0.15) is 31.6 Å². The van der Waals surface area contributed by atoms with Gasteiger partial charge in [0.2, 0.25) is 17.6 Å². The van der Waals surface area contributed by atoms with Crippen LogP contribution in [0.3, 0.4) is 0 Å². The molecule has 1 saturated heterocycles. The summed E-state index contributed by atoms with van der Waals surface area (Å²) in [7, 11) is 0. The molecule has 3 rings (SSSR count). The Bertz CT molecular complexity index is 686. The Hall–Kier alpha value is -2.28. The first kappa shape index (κ1) is 16.6. The van der Waals surface area contributed by atoms with Crippen molar-refractivity contribution in [2.24, 2.45) is 5.73 Å². The van der Waals surface area contributed by atoms with Gasteiger partial charge in [0.1, 0.15) is 5.82 Å². The maximum atomic E-state index is 12.9. The van der Waals surface area contributed by atoms with Crippen molar-refractivity contribution in [1.82, 2.24) is 15.0 Å². The number of nitrogens with zero attached hydrogens (tertiary/aromatic N) is 3. The molecule has 1 amide bonds. The lowest BCUT2D eigenvalue weighted by molar-refractivity contribution is -0.132. The van der Waals surface area contributed by atoms with Gasteiger partial charge in [-0.05, 0) is 43.5 Å². The van der Waals surface area contributed by atoms with Gasteiger partial charge >= 0.3 is 0 Å². The zero-order valence-electron chi connectivity index (χ0n) is 13.4. The first-order valence-corrected chi connectivity index (χ1v) is 8.23. The third kappa shape index (κ3) is 4.17. The highest BCUT2D eigenvalue weighted by molar-refractivity contribution is 5.76. The van der Waals surface area contributed by atoms with Crippen LogP contribution in [0.2, 0.25) is 0 Å². The van der Waals surface area contributed by atoms with Gasteiger partial charge < -0.3 is 15.2 Å². The molecule has 1 fully saturated rings. The van der Waals surface area contributed by atoms with E-state index in [1.165, 1.54) is 12.1 Å². The van der Waals surface area contributed by atoms with E-state index in [1.54, 1.807) is 12.1 Å². The summed E-state index contributed by atoms with van der Waals surface area (Å²) in [5.41, 5.74) is 6.60. The van der Waals surface area contributed by atoms with Crippen molar-refractivity contribution < 1.29 is 13.7 Å². The Balaban J connectivity index is 1.49. The quantitative estimate of drug-likeness (QED) is 0.907. The summed E-state index contributed by atoms with van der Waals surface area (Å²) in [6.45, 7) is 1.44. The molecule has 0 aliphatic carbocycles. The molecule has 1 aromatic heterocycles. The van der Waals surface area contributed by atoms with Gasteiger partial charge in [-0.15, -0.1) is 0 Å². The Labute approximate surface area is 139 Å². The zero-order chi connectivity index (χ0) is 16.9. The van der Waals surface area contributed by atoms with Gasteiger partial charge in [-0.2, -0.15) is 4.98 Å². The Morgan fingerprint density at radius 2 is 2.17 bits per heavy atom. The molecule has 6 nitrogen and oxygen atoms in total. The fourth-order valence-corrected chi connectivity index (χ4v) is 2.86. The van der Waals surface area contributed by atoms with Crippen molar-refractivity contribution >= 4 is 5.91 Å². The SMILES string of the molecule is NC1CCCN(C(=O)CCCc2nc(-c3ccc(F)cc3)no2)C1. The molecule has 1 aliphatic heterocycles. The zero-order valence-corrected chi connectivity index (χ0v) is 13.4. The predicted molar refractivity (Wildman–Crippen MR) is 86.4 cm³/mol. The van der Waals surface area contributed by atoms with Crippen molar-refractivity contribution in [3.05, 3.63) is 36.0 Å². The minimum absolute atomic E-state index is 0.0944. The van der Waals surface area contributed by atoms with Crippen molar-refractivity contribution in [3.63, 3.8) is 0 Å². The number of likely N-dealkylation sites (tertiary alicyclic amines) is 1. The van der Waals surface area contributed by atoms with E-state index in [-0.39, 0.29) is 17.8 Å². The minimum Gasteiger partial charge on any atom is -0.341 e. The molecule has 2 aromatic rings. The van der Waals surface area contributed by atoms with E-state index >= 15 is 0 Å². The van der Waals surface area contributed by atoms with Crippen molar-refractivity contribution in [2.45, 2.75) is 38.1 Å². The summed E-state index contributed by atoms with van der Waals surface area (Å²) in [5, 5.41) is 3.89. The number of piperidine rings is 1. The van der Waals surface area contributed by atoms with E-state index in [4.69, 9.17) is 10.3 Å². The molecule has 128 valence electrons. The first-order valence-electron chi connectivity index (χ1n) is 8.23. The van der Waals surface area contributed by atoms with Gasteiger partial charge in [0.05, 0.1) is 0 Å². The van der Waals surface area contributed by atoms with Crippen LogP contribution in [0.4, 0.5) is 4.39 Å². The van der Waals surface area contributed by atoms with Crippen LogP contribution in [0, 0.1) is 5.82 Å².